The molecule has 0 radical (unpaired) electrons. The summed E-state index contributed by atoms with van der Waals surface area (Å²) < 4.78 is 0. The van der Waals surface area contributed by atoms with Gasteiger partial charge in [-0.3, -0.25) is 0 Å². The average molecular weight is 285 g/mol. The molecular formula is C18H23NS. The second-order valence-corrected chi connectivity index (χ2v) is 6.60. The molecule has 0 aliphatic carbocycles. The fourth-order valence-electron chi connectivity index (χ4n) is 2.08. The highest BCUT2D eigenvalue weighted by Crippen LogP contribution is 2.26. The predicted octanol–water partition coefficient (Wildman–Crippen LogP) is 4.71. The van der Waals surface area contributed by atoms with Gasteiger partial charge in [-0.25, -0.2) is 0 Å². The third kappa shape index (κ3) is 3.65. The zero-order chi connectivity index (χ0) is 14.7. The highest BCUT2D eigenvalue weighted by atomic mass is 32.2. The first-order chi connectivity index (χ1) is 9.47. The first-order valence-corrected chi connectivity index (χ1v) is 7.98. The van der Waals surface area contributed by atoms with Crippen LogP contribution in [0.25, 0.3) is 0 Å². The van der Waals surface area contributed by atoms with Crippen LogP contribution in [0.3, 0.4) is 0 Å². The van der Waals surface area contributed by atoms with E-state index in [0.717, 1.165) is 5.75 Å². The Kier molecular flexibility index (Phi) is 4.90. The smallest absolute Gasteiger partial charge is 0.0390 e. The van der Waals surface area contributed by atoms with Crippen LogP contribution in [0.2, 0.25) is 0 Å². The molecular weight excluding hydrogens is 262 g/mol. The molecule has 2 rings (SSSR count). The molecule has 0 aromatic heterocycles. The van der Waals surface area contributed by atoms with Gasteiger partial charge in [0.25, 0.3) is 0 Å². The molecule has 0 heterocycles. The quantitative estimate of drug-likeness (QED) is 0.823. The van der Waals surface area contributed by atoms with Crippen molar-refractivity contribution in [2.45, 2.75) is 38.6 Å². The molecule has 106 valence electrons. The van der Waals surface area contributed by atoms with Gasteiger partial charge < -0.3 is 5.73 Å². The van der Waals surface area contributed by atoms with Crippen LogP contribution >= 0.6 is 11.8 Å². The van der Waals surface area contributed by atoms with E-state index in [1.54, 1.807) is 0 Å². The maximum absolute atomic E-state index is 6.31. The number of aryl methyl sites for hydroxylation is 4. The van der Waals surface area contributed by atoms with Crippen LogP contribution in [0.4, 0.5) is 0 Å². The molecule has 0 aliphatic heterocycles. The number of nitrogens with two attached hydrogens (primary N) is 1. The standard InChI is InChI=1S/C18H23NS/c1-12-5-7-16(9-14(12)3)18(19)11-20-17-8-6-13(2)15(4)10-17/h5-10,18H,11,19H2,1-4H3. The summed E-state index contributed by atoms with van der Waals surface area (Å²) in [6, 6.07) is 13.2. The van der Waals surface area contributed by atoms with E-state index >= 15 is 0 Å². The Morgan fingerprint density at radius 2 is 1.45 bits per heavy atom. The molecule has 2 heteroatoms. The average Bonchev–Trinajstić information content (AvgIpc) is 2.43. The number of rotatable bonds is 4. The largest absolute Gasteiger partial charge is 0.323 e. The lowest BCUT2D eigenvalue weighted by atomic mass is 10.0. The highest BCUT2D eigenvalue weighted by molar-refractivity contribution is 7.99. The van der Waals surface area contributed by atoms with E-state index in [1.165, 1.54) is 32.7 Å². The van der Waals surface area contributed by atoms with E-state index < -0.39 is 0 Å². The van der Waals surface area contributed by atoms with Gasteiger partial charge in [-0.15, -0.1) is 11.8 Å². The maximum Gasteiger partial charge on any atom is 0.0390 e. The highest BCUT2D eigenvalue weighted by Gasteiger charge is 2.08. The van der Waals surface area contributed by atoms with Gasteiger partial charge in [0.15, 0.2) is 0 Å². The second-order valence-electron chi connectivity index (χ2n) is 5.51. The van der Waals surface area contributed by atoms with Crippen molar-refractivity contribution < 1.29 is 0 Å². The Balaban J connectivity index is 2.02. The summed E-state index contributed by atoms with van der Waals surface area (Å²) in [4.78, 5) is 1.30. The molecule has 1 atom stereocenters. The summed E-state index contributed by atoms with van der Waals surface area (Å²) >= 11 is 1.83. The maximum atomic E-state index is 6.31. The summed E-state index contributed by atoms with van der Waals surface area (Å²) in [6.07, 6.45) is 0. The SMILES string of the molecule is Cc1ccc(SCC(N)c2ccc(C)c(C)c2)cc1C. The van der Waals surface area contributed by atoms with Crippen molar-refractivity contribution in [3.63, 3.8) is 0 Å². The molecule has 0 saturated heterocycles. The molecule has 20 heavy (non-hydrogen) atoms. The van der Waals surface area contributed by atoms with Crippen LogP contribution in [-0.2, 0) is 0 Å². The summed E-state index contributed by atoms with van der Waals surface area (Å²) in [5, 5.41) is 0. The molecule has 2 aromatic rings. The third-order valence-electron chi connectivity index (χ3n) is 3.87. The Bertz CT molecular complexity index is 604. The van der Waals surface area contributed by atoms with Crippen LogP contribution in [0.1, 0.15) is 33.9 Å². The normalized spacial score (nSPS) is 12.4. The monoisotopic (exact) mass is 285 g/mol. The zero-order valence-corrected chi connectivity index (χ0v) is 13.6. The molecule has 0 spiro atoms. The zero-order valence-electron chi connectivity index (χ0n) is 12.7. The number of benzene rings is 2. The lowest BCUT2D eigenvalue weighted by Gasteiger charge is -2.14. The van der Waals surface area contributed by atoms with E-state index in [2.05, 4.69) is 64.1 Å². The molecule has 0 fully saturated rings. The minimum Gasteiger partial charge on any atom is -0.323 e. The molecule has 0 amide bonds. The van der Waals surface area contributed by atoms with E-state index in [9.17, 15) is 0 Å². The first-order valence-electron chi connectivity index (χ1n) is 7.00. The van der Waals surface area contributed by atoms with Crippen LogP contribution in [-0.4, -0.2) is 5.75 Å². The van der Waals surface area contributed by atoms with Crippen molar-refractivity contribution in [2.24, 2.45) is 5.73 Å². The van der Waals surface area contributed by atoms with E-state index in [4.69, 9.17) is 5.73 Å². The van der Waals surface area contributed by atoms with Gasteiger partial charge in [0, 0.05) is 16.7 Å². The third-order valence-corrected chi connectivity index (χ3v) is 4.98. The molecule has 1 unspecified atom stereocenters. The van der Waals surface area contributed by atoms with Gasteiger partial charge in [0.1, 0.15) is 0 Å². The van der Waals surface area contributed by atoms with Crippen LogP contribution < -0.4 is 5.73 Å². The summed E-state index contributed by atoms with van der Waals surface area (Å²) in [7, 11) is 0. The molecule has 2 N–H and O–H groups in total. The lowest BCUT2D eigenvalue weighted by Crippen LogP contribution is -2.13. The van der Waals surface area contributed by atoms with Gasteiger partial charge in [-0.1, -0.05) is 24.3 Å². The van der Waals surface area contributed by atoms with Crippen molar-refractivity contribution in [1.82, 2.24) is 0 Å². The summed E-state index contributed by atoms with van der Waals surface area (Å²) in [5.41, 5.74) is 12.9. The van der Waals surface area contributed by atoms with Gasteiger partial charge in [-0.2, -0.15) is 0 Å². The minimum absolute atomic E-state index is 0.0842. The van der Waals surface area contributed by atoms with Gasteiger partial charge >= 0.3 is 0 Å². The molecule has 2 aromatic carbocycles. The molecule has 0 bridgehead atoms. The minimum atomic E-state index is 0.0842. The van der Waals surface area contributed by atoms with E-state index in [0.29, 0.717) is 0 Å². The fraction of sp³-hybridized carbons (Fsp3) is 0.333. The van der Waals surface area contributed by atoms with E-state index in [1.807, 2.05) is 11.8 Å². The molecule has 0 saturated carbocycles. The Labute approximate surface area is 126 Å². The molecule has 1 nitrogen and oxygen atoms in total. The Morgan fingerprint density at radius 3 is 2.05 bits per heavy atom. The van der Waals surface area contributed by atoms with Gasteiger partial charge in [0.2, 0.25) is 0 Å². The Hall–Kier alpha value is -1.25. The van der Waals surface area contributed by atoms with Gasteiger partial charge in [0.05, 0.1) is 0 Å². The second kappa shape index (κ2) is 6.47. The fourth-order valence-corrected chi connectivity index (χ4v) is 3.07. The van der Waals surface area contributed by atoms with Crippen molar-refractivity contribution in [2.75, 3.05) is 5.75 Å². The van der Waals surface area contributed by atoms with Crippen LogP contribution in [0, 0.1) is 27.7 Å². The molecule has 0 aliphatic rings. The lowest BCUT2D eigenvalue weighted by molar-refractivity contribution is 0.829. The van der Waals surface area contributed by atoms with Crippen LogP contribution in [0.5, 0.6) is 0 Å². The number of hydrogen-bond donors (Lipinski definition) is 1. The van der Waals surface area contributed by atoms with Crippen molar-refractivity contribution in [3.05, 3.63) is 64.2 Å². The first kappa shape index (κ1) is 15.1. The van der Waals surface area contributed by atoms with Gasteiger partial charge in [-0.05, 0) is 67.6 Å². The van der Waals surface area contributed by atoms with Crippen molar-refractivity contribution >= 4 is 11.8 Å². The van der Waals surface area contributed by atoms with Crippen molar-refractivity contribution in [3.8, 4) is 0 Å². The topological polar surface area (TPSA) is 26.0 Å². The predicted molar refractivity (Wildman–Crippen MR) is 89.5 cm³/mol. The summed E-state index contributed by atoms with van der Waals surface area (Å²) in [5.74, 6) is 0.908. The Morgan fingerprint density at radius 1 is 0.850 bits per heavy atom. The van der Waals surface area contributed by atoms with Crippen molar-refractivity contribution in [1.29, 1.82) is 0 Å². The summed E-state index contributed by atoms with van der Waals surface area (Å²) in [6.45, 7) is 8.57. The van der Waals surface area contributed by atoms with E-state index in [-0.39, 0.29) is 6.04 Å². The number of thioether (sulfide) groups is 1. The van der Waals surface area contributed by atoms with Crippen LogP contribution in [0.15, 0.2) is 41.3 Å². The number of hydrogen-bond acceptors (Lipinski definition) is 2.